The molecule has 0 amide bonds. The quantitative estimate of drug-likeness (QED) is 0.856. The van der Waals surface area contributed by atoms with Crippen LogP contribution in [0.2, 0.25) is 0 Å². The third-order valence-electron chi connectivity index (χ3n) is 2.57. The molecule has 2 rings (SSSR count). The fraction of sp³-hybridized carbons (Fsp3) is 0.0714. The zero-order valence-corrected chi connectivity index (χ0v) is 9.15. The zero-order valence-electron chi connectivity index (χ0n) is 9.15. The second-order valence-corrected chi connectivity index (χ2v) is 3.71. The number of nitrogens with two attached hydrogens (primary N) is 1. The van der Waals surface area contributed by atoms with Crippen molar-refractivity contribution in [1.29, 1.82) is 5.26 Å². The summed E-state index contributed by atoms with van der Waals surface area (Å²) in [6.07, 6.45) is 0. The van der Waals surface area contributed by atoms with Crippen molar-refractivity contribution in [2.45, 2.75) is 6.54 Å². The minimum atomic E-state index is -0.317. The summed E-state index contributed by atoms with van der Waals surface area (Å²) in [4.78, 5) is 0. The summed E-state index contributed by atoms with van der Waals surface area (Å²) in [6, 6.07) is 13.8. The molecule has 17 heavy (non-hydrogen) atoms. The van der Waals surface area contributed by atoms with Gasteiger partial charge < -0.3 is 5.73 Å². The van der Waals surface area contributed by atoms with Crippen molar-refractivity contribution >= 4 is 0 Å². The Morgan fingerprint density at radius 2 is 2.00 bits per heavy atom. The Morgan fingerprint density at radius 1 is 1.18 bits per heavy atom. The number of rotatable bonds is 2. The third kappa shape index (κ3) is 2.32. The van der Waals surface area contributed by atoms with Crippen LogP contribution in [0.4, 0.5) is 4.39 Å². The molecule has 2 N–H and O–H groups in total. The number of hydrogen-bond donors (Lipinski definition) is 1. The van der Waals surface area contributed by atoms with E-state index in [1.807, 2.05) is 6.07 Å². The highest BCUT2D eigenvalue weighted by Gasteiger charge is 2.06. The molecule has 0 saturated heterocycles. The Hall–Kier alpha value is -2.18. The van der Waals surface area contributed by atoms with Crippen molar-refractivity contribution in [3.05, 3.63) is 59.4 Å². The van der Waals surface area contributed by atoms with E-state index in [9.17, 15) is 4.39 Å². The lowest BCUT2D eigenvalue weighted by atomic mass is 10.0. The smallest absolute Gasteiger partial charge is 0.131 e. The van der Waals surface area contributed by atoms with E-state index in [0.717, 1.165) is 5.56 Å². The van der Waals surface area contributed by atoms with Crippen molar-refractivity contribution in [2.24, 2.45) is 5.73 Å². The van der Waals surface area contributed by atoms with Crippen LogP contribution in [0.15, 0.2) is 42.5 Å². The average Bonchev–Trinajstić information content (AvgIpc) is 2.38. The summed E-state index contributed by atoms with van der Waals surface area (Å²) in [5, 5.41) is 8.80. The van der Waals surface area contributed by atoms with E-state index in [2.05, 4.69) is 0 Å². The molecule has 0 unspecified atom stereocenters. The summed E-state index contributed by atoms with van der Waals surface area (Å²) >= 11 is 0. The van der Waals surface area contributed by atoms with E-state index in [1.54, 1.807) is 36.4 Å². The van der Waals surface area contributed by atoms with Gasteiger partial charge in [0.05, 0.1) is 11.6 Å². The van der Waals surface area contributed by atoms with Crippen LogP contribution in [0, 0.1) is 17.1 Å². The monoisotopic (exact) mass is 226 g/mol. The molecule has 0 atom stereocenters. The van der Waals surface area contributed by atoms with Crippen molar-refractivity contribution in [1.82, 2.24) is 0 Å². The molecule has 84 valence electrons. The standard InChI is InChI=1S/C14H11FN2/c15-14-7-11(9-17)4-5-13(14)12-3-1-2-10(6-12)8-16/h1-7H,9,17H2. The molecule has 2 aromatic rings. The highest BCUT2D eigenvalue weighted by Crippen LogP contribution is 2.24. The predicted octanol–water partition coefficient (Wildman–Crippen LogP) is 2.82. The van der Waals surface area contributed by atoms with Crippen LogP contribution in [-0.2, 0) is 6.54 Å². The molecular weight excluding hydrogens is 215 g/mol. The van der Waals surface area contributed by atoms with Gasteiger partial charge in [0, 0.05) is 12.1 Å². The first-order valence-corrected chi connectivity index (χ1v) is 5.23. The molecule has 0 aromatic heterocycles. The predicted molar refractivity (Wildman–Crippen MR) is 64.4 cm³/mol. The Bertz CT molecular complexity index is 585. The molecule has 0 saturated carbocycles. The van der Waals surface area contributed by atoms with E-state index in [1.165, 1.54) is 6.07 Å². The van der Waals surface area contributed by atoms with E-state index in [0.29, 0.717) is 23.2 Å². The maximum atomic E-state index is 13.8. The van der Waals surface area contributed by atoms with Gasteiger partial charge >= 0.3 is 0 Å². The molecule has 2 aromatic carbocycles. The molecule has 0 aliphatic rings. The summed E-state index contributed by atoms with van der Waals surface area (Å²) < 4.78 is 13.8. The van der Waals surface area contributed by atoms with Gasteiger partial charge in [-0.15, -0.1) is 0 Å². The van der Waals surface area contributed by atoms with Crippen molar-refractivity contribution in [3.8, 4) is 17.2 Å². The summed E-state index contributed by atoms with van der Waals surface area (Å²) in [5.74, 6) is -0.317. The van der Waals surface area contributed by atoms with Crippen LogP contribution in [0.5, 0.6) is 0 Å². The molecule has 0 aliphatic heterocycles. The highest BCUT2D eigenvalue weighted by molar-refractivity contribution is 5.66. The molecule has 0 heterocycles. The molecule has 0 fully saturated rings. The molecule has 0 bridgehead atoms. The van der Waals surface area contributed by atoms with E-state index in [4.69, 9.17) is 11.0 Å². The maximum absolute atomic E-state index is 13.8. The first-order chi connectivity index (χ1) is 8.24. The van der Waals surface area contributed by atoms with E-state index < -0.39 is 0 Å². The first kappa shape index (κ1) is 11.3. The lowest BCUT2D eigenvalue weighted by molar-refractivity contribution is 0.629. The van der Waals surface area contributed by atoms with Crippen LogP contribution in [0.1, 0.15) is 11.1 Å². The lowest BCUT2D eigenvalue weighted by Gasteiger charge is -2.05. The van der Waals surface area contributed by atoms with Crippen molar-refractivity contribution in [3.63, 3.8) is 0 Å². The van der Waals surface area contributed by atoms with Gasteiger partial charge in [-0.1, -0.05) is 24.3 Å². The Balaban J connectivity index is 2.49. The van der Waals surface area contributed by atoms with Crippen LogP contribution in [-0.4, -0.2) is 0 Å². The third-order valence-corrected chi connectivity index (χ3v) is 2.57. The SMILES string of the molecule is N#Cc1cccc(-c2ccc(CN)cc2F)c1. The van der Waals surface area contributed by atoms with Gasteiger partial charge in [0.1, 0.15) is 5.82 Å². The maximum Gasteiger partial charge on any atom is 0.131 e. The van der Waals surface area contributed by atoms with Gasteiger partial charge in [-0.25, -0.2) is 4.39 Å². The van der Waals surface area contributed by atoms with Gasteiger partial charge in [-0.2, -0.15) is 5.26 Å². The normalized spacial score (nSPS) is 9.94. The summed E-state index contributed by atoms with van der Waals surface area (Å²) in [5.41, 5.74) is 7.90. The number of nitriles is 1. The number of halogens is 1. The number of hydrogen-bond acceptors (Lipinski definition) is 2. The van der Waals surface area contributed by atoms with Crippen LogP contribution in [0.25, 0.3) is 11.1 Å². The van der Waals surface area contributed by atoms with E-state index in [-0.39, 0.29) is 5.82 Å². The van der Waals surface area contributed by atoms with Gasteiger partial charge in [0.15, 0.2) is 0 Å². The molecule has 2 nitrogen and oxygen atoms in total. The lowest BCUT2D eigenvalue weighted by Crippen LogP contribution is -1.97. The van der Waals surface area contributed by atoms with Crippen molar-refractivity contribution in [2.75, 3.05) is 0 Å². The zero-order chi connectivity index (χ0) is 12.3. The Morgan fingerprint density at radius 3 is 2.65 bits per heavy atom. The molecule has 0 spiro atoms. The van der Waals surface area contributed by atoms with Gasteiger partial charge in [0.25, 0.3) is 0 Å². The highest BCUT2D eigenvalue weighted by atomic mass is 19.1. The fourth-order valence-electron chi connectivity index (χ4n) is 1.68. The second-order valence-electron chi connectivity index (χ2n) is 3.71. The molecule has 0 radical (unpaired) electrons. The minimum Gasteiger partial charge on any atom is -0.326 e. The van der Waals surface area contributed by atoms with Gasteiger partial charge in [0.2, 0.25) is 0 Å². The molecule has 0 aliphatic carbocycles. The summed E-state index contributed by atoms with van der Waals surface area (Å²) in [6.45, 7) is 0.315. The molecule has 3 heteroatoms. The molecular formula is C14H11FN2. The van der Waals surface area contributed by atoms with Gasteiger partial charge in [-0.05, 0) is 29.3 Å². The van der Waals surface area contributed by atoms with Crippen LogP contribution < -0.4 is 5.73 Å². The van der Waals surface area contributed by atoms with E-state index >= 15 is 0 Å². The Labute approximate surface area is 99.1 Å². The number of nitrogens with zero attached hydrogens (tertiary/aromatic N) is 1. The van der Waals surface area contributed by atoms with Gasteiger partial charge in [-0.3, -0.25) is 0 Å². The minimum absolute atomic E-state index is 0.315. The largest absolute Gasteiger partial charge is 0.326 e. The summed E-state index contributed by atoms with van der Waals surface area (Å²) in [7, 11) is 0. The van der Waals surface area contributed by atoms with Crippen LogP contribution >= 0.6 is 0 Å². The Kier molecular flexibility index (Phi) is 3.17. The fourth-order valence-corrected chi connectivity index (χ4v) is 1.68. The average molecular weight is 226 g/mol. The topological polar surface area (TPSA) is 49.8 Å². The van der Waals surface area contributed by atoms with Crippen molar-refractivity contribution < 1.29 is 4.39 Å². The number of benzene rings is 2. The van der Waals surface area contributed by atoms with Crippen LogP contribution in [0.3, 0.4) is 0 Å². The second kappa shape index (κ2) is 4.77. The first-order valence-electron chi connectivity index (χ1n) is 5.23.